The Morgan fingerprint density at radius 1 is 0.818 bits per heavy atom. The Kier molecular flexibility index (Phi) is 10.5. The fourth-order valence-corrected chi connectivity index (χ4v) is 6.68. The van der Waals surface area contributed by atoms with Crippen LogP contribution in [0.3, 0.4) is 0 Å². The summed E-state index contributed by atoms with van der Waals surface area (Å²) in [5.41, 5.74) is 7.11. The van der Waals surface area contributed by atoms with Crippen molar-refractivity contribution in [2.75, 3.05) is 36.6 Å². The molecule has 1 aromatic carbocycles. The first-order valence-electron chi connectivity index (χ1n) is 18.1. The Bertz CT molecular complexity index is 2460. The number of aromatic nitrogens is 4. The average molecular weight is 750 g/mol. The van der Waals surface area contributed by atoms with Crippen molar-refractivity contribution in [2.24, 2.45) is 0 Å². The molecule has 0 aliphatic carbocycles. The van der Waals surface area contributed by atoms with Crippen molar-refractivity contribution in [1.29, 1.82) is 0 Å². The van der Waals surface area contributed by atoms with Crippen LogP contribution in [-0.4, -0.2) is 57.7 Å². The number of carbonyl (C=O) groups is 1. The molecule has 1 saturated heterocycles. The normalized spacial score (nSPS) is 13.4. The molecule has 0 saturated carbocycles. The molecule has 55 heavy (non-hydrogen) atoms. The van der Waals surface area contributed by atoms with Gasteiger partial charge in [0.1, 0.15) is 29.6 Å². The second-order valence-corrected chi connectivity index (χ2v) is 13.0. The third-order valence-electron chi connectivity index (χ3n) is 9.13. The van der Waals surface area contributed by atoms with E-state index in [1.54, 1.807) is 0 Å². The predicted molar refractivity (Wildman–Crippen MR) is 205 cm³/mol. The molecule has 15 heteroatoms. The van der Waals surface area contributed by atoms with Crippen LogP contribution in [0.1, 0.15) is 53.8 Å². The summed E-state index contributed by atoms with van der Waals surface area (Å²) in [6.45, 7) is 15.5. The summed E-state index contributed by atoms with van der Waals surface area (Å²) in [6.07, 6.45) is 0. The quantitative estimate of drug-likeness (QED) is 0.147. The highest BCUT2D eigenvalue weighted by molar-refractivity contribution is 5.94. The van der Waals surface area contributed by atoms with Crippen molar-refractivity contribution in [2.45, 2.75) is 61.6 Å². The Hall–Kier alpha value is -6.35. The molecule has 0 spiro atoms. The van der Waals surface area contributed by atoms with Crippen LogP contribution >= 0.6 is 0 Å². The molecule has 286 valence electrons. The number of rotatable bonds is 7. The lowest BCUT2D eigenvalue weighted by atomic mass is 10.1. The van der Waals surface area contributed by atoms with Gasteiger partial charge < -0.3 is 48.0 Å². The van der Waals surface area contributed by atoms with E-state index < -0.39 is 0 Å². The highest BCUT2D eigenvalue weighted by Gasteiger charge is 2.25. The maximum Gasteiger partial charge on any atom is 0.239 e. The zero-order valence-corrected chi connectivity index (χ0v) is 31.8. The molecule has 7 aromatic rings. The summed E-state index contributed by atoms with van der Waals surface area (Å²) in [5.74, 6) is 5.43. The zero-order valence-electron chi connectivity index (χ0n) is 31.8. The summed E-state index contributed by atoms with van der Waals surface area (Å²) in [6, 6.07) is 13.5. The molecule has 6 aromatic heterocycles. The van der Waals surface area contributed by atoms with Gasteiger partial charge in [-0.2, -0.15) is 0 Å². The number of pyridine rings is 2. The number of hydrogen-bond donors (Lipinski definition) is 3. The molecule has 3 N–H and O–H groups in total. The number of fused-ring (bicyclic) bond motifs is 3. The highest BCUT2D eigenvalue weighted by atomic mass is 16.7. The lowest BCUT2D eigenvalue weighted by molar-refractivity contribution is -0.120. The largest absolute Gasteiger partial charge is 0.457 e. The summed E-state index contributed by atoms with van der Waals surface area (Å²) >= 11 is 0. The van der Waals surface area contributed by atoms with Gasteiger partial charge in [-0.05, 0) is 76.6 Å². The van der Waals surface area contributed by atoms with E-state index in [2.05, 4.69) is 20.9 Å². The minimum atomic E-state index is -0.184. The number of piperazine rings is 1. The van der Waals surface area contributed by atoms with E-state index in [9.17, 15) is 9.90 Å². The van der Waals surface area contributed by atoms with Gasteiger partial charge in [-0.25, -0.2) is 9.97 Å². The van der Waals surface area contributed by atoms with Gasteiger partial charge >= 0.3 is 0 Å². The number of benzene rings is 1. The lowest BCUT2D eigenvalue weighted by Gasteiger charge is -2.27. The maximum absolute atomic E-state index is 11.8. The number of ether oxygens (including phenoxy) is 2. The minimum Gasteiger partial charge on any atom is -0.457 e. The van der Waals surface area contributed by atoms with Crippen LogP contribution in [0.5, 0.6) is 11.5 Å². The van der Waals surface area contributed by atoms with Crippen LogP contribution in [0.25, 0.3) is 44.5 Å². The van der Waals surface area contributed by atoms with Crippen LogP contribution in [0, 0.1) is 34.6 Å². The van der Waals surface area contributed by atoms with Crippen molar-refractivity contribution in [3.63, 3.8) is 0 Å². The zero-order chi connectivity index (χ0) is 38.8. The fourth-order valence-electron chi connectivity index (χ4n) is 6.68. The summed E-state index contributed by atoms with van der Waals surface area (Å²) in [5, 5.41) is 25.5. The van der Waals surface area contributed by atoms with E-state index >= 15 is 0 Å². The molecule has 1 amide bonds. The standard InChI is InChI=1S/C21H19N3O5.C17H18N4O3.C2H6/c1-11-19(12(2)29-24-11)16-7-14-6-15(9-25)28-20(14)21(23-16)22-8-13-3-4-17-18(5-13)27-10-26-17;1-9-6-12-7-13(15-10(2)20-24-11(15)3)19-17(16(12)23-9)21-5-4-18-14(22)8-21;1-2/h3-7,25H,8-10H2,1-2H3,(H,22,23);6-7H,4-5,8H2,1-3H3,(H,18,22);1-2H3. The van der Waals surface area contributed by atoms with Gasteiger partial charge in [-0.1, -0.05) is 30.2 Å². The summed E-state index contributed by atoms with van der Waals surface area (Å²) < 4.78 is 33.0. The fraction of sp³-hybridized carbons (Fsp3) is 0.325. The Morgan fingerprint density at radius 3 is 2.15 bits per heavy atom. The smallest absolute Gasteiger partial charge is 0.239 e. The number of nitrogens with zero attached hydrogens (tertiary/aromatic N) is 5. The van der Waals surface area contributed by atoms with E-state index in [-0.39, 0.29) is 25.9 Å². The lowest BCUT2D eigenvalue weighted by Crippen LogP contribution is -2.48. The predicted octanol–water partition coefficient (Wildman–Crippen LogP) is 7.30. The molecule has 0 bridgehead atoms. The molecule has 0 radical (unpaired) electrons. The SMILES string of the molecule is CC.Cc1cc2cc(-c3c(C)noc3C)nc(N3CCNC(=O)C3)c2o1.Cc1noc(C)c1-c1cc2cc(CO)oc2c(NCc2ccc3c(c2)OCO3)n1. The van der Waals surface area contributed by atoms with Crippen LogP contribution in [0.15, 0.2) is 60.3 Å². The van der Waals surface area contributed by atoms with Crippen LogP contribution in [-0.2, 0) is 17.9 Å². The molecular weight excluding hydrogens is 706 g/mol. The molecule has 0 unspecified atom stereocenters. The van der Waals surface area contributed by atoms with Crippen LogP contribution in [0.2, 0.25) is 0 Å². The monoisotopic (exact) mass is 749 g/mol. The number of hydrogen-bond acceptors (Lipinski definition) is 14. The number of carbonyl (C=O) groups excluding carboxylic acids is 1. The highest BCUT2D eigenvalue weighted by Crippen LogP contribution is 2.37. The van der Waals surface area contributed by atoms with Crippen molar-refractivity contribution >= 4 is 39.5 Å². The number of furan rings is 2. The molecule has 8 heterocycles. The van der Waals surface area contributed by atoms with E-state index in [0.717, 1.165) is 73.3 Å². The van der Waals surface area contributed by atoms with Gasteiger partial charge in [0.15, 0.2) is 34.3 Å². The van der Waals surface area contributed by atoms with Gasteiger partial charge in [0.2, 0.25) is 12.7 Å². The van der Waals surface area contributed by atoms with Crippen molar-refractivity contribution < 1.29 is 37.3 Å². The minimum absolute atomic E-state index is 0.0118. The number of aliphatic hydroxyl groups is 1. The van der Waals surface area contributed by atoms with E-state index in [1.165, 1.54) is 0 Å². The number of anilines is 2. The number of aryl methyl sites for hydroxylation is 5. The molecule has 2 aliphatic rings. The van der Waals surface area contributed by atoms with Gasteiger partial charge in [0.25, 0.3) is 0 Å². The van der Waals surface area contributed by atoms with E-state index in [0.29, 0.717) is 54.0 Å². The van der Waals surface area contributed by atoms with E-state index in [4.69, 9.17) is 37.3 Å². The first-order chi connectivity index (χ1) is 26.6. The number of nitrogens with one attached hydrogen (secondary N) is 2. The molecule has 2 aliphatic heterocycles. The van der Waals surface area contributed by atoms with Gasteiger partial charge in [-0.3, -0.25) is 4.79 Å². The third kappa shape index (κ3) is 7.42. The number of amides is 1. The summed E-state index contributed by atoms with van der Waals surface area (Å²) in [7, 11) is 0. The topological polar surface area (TPSA) is 187 Å². The van der Waals surface area contributed by atoms with Crippen LogP contribution in [0.4, 0.5) is 11.6 Å². The molecule has 15 nitrogen and oxygen atoms in total. The number of aliphatic hydroxyl groups excluding tert-OH is 1. The third-order valence-corrected chi connectivity index (χ3v) is 9.13. The first-order valence-corrected chi connectivity index (χ1v) is 18.1. The van der Waals surface area contributed by atoms with E-state index in [1.807, 2.05) is 95.8 Å². The Labute approximate surface area is 316 Å². The van der Waals surface area contributed by atoms with Gasteiger partial charge in [0.05, 0.1) is 40.4 Å². The Morgan fingerprint density at radius 2 is 1.49 bits per heavy atom. The second-order valence-electron chi connectivity index (χ2n) is 13.0. The maximum atomic E-state index is 11.8. The first kappa shape index (κ1) is 37.0. The molecule has 1 fully saturated rings. The van der Waals surface area contributed by atoms with Gasteiger partial charge in [0, 0.05) is 30.4 Å². The summed E-state index contributed by atoms with van der Waals surface area (Å²) in [4.78, 5) is 23.3. The average Bonchev–Trinajstić information content (AvgIpc) is 4.02. The molecule has 0 atom stereocenters. The molecular formula is C40H43N7O8. The second kappa shape index (κ2) is 15.6. The van der Waals surface area contributed by atoms with Crippen molar-refractivity contribution in [3.8, 4) is 34.0 Å². The van der Waals surface area contributed by atoms with Crippen molar-refractivity contribution in [3.05, 3.63) is 82.5 Å². The Balaban J connectivity index is 0.000000165. The van der Waals surface area contributed by atoms with Crippen molar-refractivity contribution in [1.82, 2.24) is 25.6 Å². The molecule has 9 rings (SSSR count). The van der Waals surface area contributed by atoms with Gasteiger partial charge in [-0.15, -0.1) is 0 Å². The van der Waals surface area contributed by atoms with Crippen LogP contribution < -0.4 is 25.0 Å².